The molecule has 2 aromatic rings. The minimum Gasteiger partial charge on any atom is -0.505 e. The van der Waals surface area contributed by atoms with E-state index < -0.39 is 28.9 Å². The molecule has 0 atom stereocenters. The number of nitrogens with one attached hydrogen (secondary N) is 1. The fourth-order valence-corrected chi connectivity index (χ4v) is 2.55. The summed E-state index contributed by atoms with van der Waals surface area (Å²) < 4.78 is 5.09. The number of amides is 1. The second-order valence-electron chi connectivity index (χ2n) is 5.43. The van der Waals surface area contributed by atoms with Gasteiger partial charge < -0.3 is 20.3 Å². The lowest BCUT2D eigenvalue weighted by Gasteiger charge is -2.11. The lowest BCUT2D eigenvalue weighted by atomic mass is 10.1. The first-order chi connectivity index (χ1) is 12.3. The van der Waals surface area contributed by atoms with E-state index in [1.165, 1.54) is 24.3 Å². The number of phenols is 2. The fourth-order valence-electron chi connectivity index (χ4n) is 2.09. The van der Waals surface area contributed by atoms with E-state index in [9.17, 15) is 19.8 Å². The molecule has 0 fully saturated rings. The van der Waals surface area contributed by atoms with Crippen molar-refractivity contribution in [3.05, 3.63) is 51.5 Å². The third kappa shape index (κ3) is 4.59. The Labute approximate surface area is 160 Å². The first kappa shape index (κ1) is 19.9. The number of phenolic OH excluding ortho intramolecular Hbond substituents is 2. The van der Waals surface area contributed by atoms with Crippen molar-refractivity contribution in [3.8, 4) is 11.5 Å². The predicted octanol–water partition coefficient (Wildman–Crippen LogP) is 4.61. The average Bonchev–Trinajstić information content (AvgIpc) is 2.61. The first-order valence-electron chi connectivity index (χ1n) is 7.83. The molecule has 26 heavy (non-hydrogen) atoms. The Morgan fingerprint density at radius 3 is 2.19 bits per heavy atom. The van der Waals surface area contributed by atoms with E-state index in [0.717, 1.165) is 18.9 Å². The van der Waals surface area contributed by atoms with Crippen molar-refractivity contribution in [1.29, 1.82) is 0 Å². The van der Waals surface area contributed by atoms with Crippen molar-refractivity contribution >= 4 is 40.8 Å². The van der Waals surface area contributed by atoms with Crippen LogP contribution in [0.3, 0.4) is 0 Å². The number of hydrogen-bond acceptors (Lipinski definition) is 5. The number of aromatic hydroxyl groups is 2. The summed E-state index contributed by atoms with van der Waals surface area (Å²) in [4.78, 5) is 24.1. The van der Waals surface area contributed by atoms with E-state index in [4.69, 9.17) is 27.9 Å². The van der Waals surface area contributed by atoms with E-state index in [1.54, 1.807) is 0 Å². The highest BCUT2D eigenvalue weighted by Gasteiger charge is 2.22. The molecule has 0 radical (unpaired) electrons. The van der Waals surface area contributed by atoms with E-state index in [2.05, 4.69) is 5.32 Å². The maximum atomic E-state index is 12.3. The quantitative estimate of drug-likeness (QED) is 0.488. The summed E-state index contributed by atoms with van der Waals surface area (Å²) in [6, 6.07) is 7.11. The Morgan fingerprint density at radius 1 is 1.08 bits per heavy atom. The molecule has 6 nitrogen and oxygen atoms in total. The number of anilines is 1. The van der Waals surface area contributed by atoms with Gasteiger partial charge in [0.2, 0.25) is 0 Å². The summed E-state index contributed by atoms with van der Waals surface area (Å²) in [5, 5.41) is 22.0. The van der Waals surface area contributed by atoms with Gasteiger partial charge in [-0.25, -0.2) is 4.79 Å². The van der Waals surface area contributed by atoms with E-state index in [-0.39, 0.29) is 10.0 Å². The standard InChI is InChI=1S/C18H17Cl2NO5/c1-2-3-8-26-18(25)10-4-6-11(7-5-10)21-17(24)14-15(22)12(19)9-13(20)16(14)23/h4-7,9,22-23H,2-3,8H2,1H3,(H,21,24). The molecule has 1 amide bonds. The van der Waals surface area contributed by atoms with Crippen LogP contribution in [0.1, 0.15) is 40.5 Å². The van der Waals surface area contributed by atoms with Crippen molar-refractivity contribution in [1.82, 2.24) is 0 Å². The van der Waals surface area contributed by atoms with Gasteiger partial charge in [-0.3, -0.25) is 4.79 Å². The number of esters is 1. The Kier molecular flexibility index (Phi) is 6.71. The molecule has 0 unspecified atom stereocenters. The van der Waals surface area contributed by atoms with Crippen LogP contribution in [0.25, 0.3) is 0 Å². The molecule has 3 N–H and O–H groups in total. The molecule has 0 bridgehead atoms. The van der Waals surface area contributed by atoms with Crippen LogP contribution in [0.2, 0.25) is 10.0 Å². The van der Waals surface area contributed by atoms with Crippen LogP contribution in [0.4, 0.5) is 5.69 Å². The maximum Gasteiger partial charge on any atom is 0.338 e. The Hall–Kier alpha value is -2.44. The summed E-state index contributed by atoms with van der Waals surface area (Å²) in [7, 11) is 0. The van der Waals surface area contributed by atoms with Gasteiger partial charge in [-0.05, 0) is 36.8 Å². The lowest BCUT2D eigenvalue weighted by molar-refractivity contribution is 0.0499. The van der Waals surface area contributed by atoms with Gasteiger partial charge in [0, 0.05) is 5.69 Å². The summed E-state index contributed by atoms with van der Waals surface area (Å²) in [6.45, 7) is 2.34. The average molecular weight is 398 g/mol. The minimum absolute atomic E-state index is 0.164. The Morgan fingerprint density at radius 2 is 1.65 bits per heavy atom. The van der Waals surface area contributed by atoms with Crippen molar-refractivity contribution in [2.45, 2.75) is 19.8 Å². The highest BCUT2D eigenvalue weighted by molar-refractivity contribution is 6.37. The van der Waals surface area contributed by atoms with Gasteiger partial charge in [0.1, 0.15) is 5.56 Å². The molecule has 2 rings (SSSR count). The van der Waals surface area contributed by atoms with Crippen molar-refractivity contribution in [2.75, 3.05) is 11.9 Å². The summed E-state index contributed by atoms with van der Waals surface area (Å²) >= 11 is 11.5. The molecule has 0 aliphatic carbocycles. The second kappa shape index (κ2) is 8.78. The maximum absolute atomic E-state index is 12.3. The van der Waals surface area contributed by atoms with Gasteiger partial charge in [-0.15, -0.1) is 0 Å². The molecule has 0 saturated carbocycles. The molecule has 8 heteroatoms. The van der Waals surface area contributed by atoms with E-state index in [0.29, 0.717) is 17.9 Å². The summed E-state index contributed by atoms with van der Waals surface area (Å²) in [6.07, 6.45) is 1.71. The van der Waals surface area contributed by atoms with Gasteiger partial charge in [-0.2, -0.15) is 0 Å². The number of unbranched alkanes of at least 4 members (excludes halogenated alkanes) is 1. The van der Waals surface area contributed by atoms with Gasteiger partial charge in [-0.1, -0.05) is 36.5 Å². The Bertz CT molecular complexity index is 795. The molecular formula is C18H17Cl2NO5. The van der Waals surface area contributed by atoms with Gasteiger partial charge in [0.25, 0.3) is 5.91 Å². The smallest absolute Gasteiger partial charge is 0.338 e. The van der Waals surface area contributed by atoms with Crippen LogP contribution in [0, 0.1) is 0 Å². The number of benzene rings is 2. The largest absolute Gasteiger partial charge is 0.505 e. The van der Waals surface area contributed by atoms with Crippen molar-refractivity contribution < 1.29 is 24.5 Å². The molecule has 138 valence electrons. The highest BCUT2D eigenvalue weighted by atomic mass is 35.5. The topological polar surface area (TPSA) is 95.9 Å². The fraction of sp³-hybridized carbons (Fsp3) is 0.222. The third-order valence-electron chi connectivity index (χ3n) is 3.52. The van der Waals surface area contributed by atoms with Crippen LogP contribution in [-0.2, 0) is 4.74 Å². The summed E-state index contributed by atoms with van der Waals surface area (Å²) in [5.41, 5.74) is 0.246. The van der Waals surface area contributed by atoms with Crippen LogP contribution >= 0.6 is 23.2 Å². The molecule has 2 aromatic carbocycles. The van der Waals surface area contributed by atoms with E-state index in [1.807, 2.05) is 6.92 Å². The monoisotopic (exact) mass is 397 g/mol. The predicted molar refractivity (Wildman–Crippen MR) is 99.4 cm³/mol. The van der Waals surface area contributed by atoms with Gasteiger partial charge >= 0.3 is 5.97 Å². The molecular weight excluding hydrogens is 381 g/mol. The molecule has 0 saturated heterocycles. The zero-order valence-corrected chi connectivity index (χ0v) is 15.4. The van der Waals surface area contributed by atoms with E-state index >= 15 is 0 Å². The minimum atomic E-state index is -0.803. The molecule has 0 spiro atoms. The first-order valence-corrected chi connectivity index (χ1v) is 8.59. The molecule has 0 aliphatic rings. The van der Waals surface area contributed by atoms with Crippen LogP contribution in [-0.4, -0.2) is 28.7 Å². The van der Waals surface area contributed by atoms with Gasteiger partial charge in [0.15, 0.2) is 11.5 Å². The highest BCUT2D eigenvalue weighted by Crippen LogP contribution is 2.39. The van der Waals surface area contributed by atoms with Crippen LogP contribution in [0.5, 0.6) is 11.5 Å². The molecule has 0 aliphatic heterocycles. The van der Waals surface area contributed by atoms with Crippen molar-refractivity contribution in [3.63, 3.8) is 0 Å². The normalized spacial score (nSPS) is 10.4. The molecule has 0 aromatic heterocycles. The van der Waals surface area contributed by atoms with Crippen LogP contribution in [0.15, 0.2) is 30.3 Å². The third-order valence-corrected chi connectivity index (χ3v) is 4.09. The Balaban J connectivity index is 2.12. The SMILES string of the molecule is CCCCOC(=O)c1ccc(NC(=O)c2c(O)c(Cl)cc(Cl)c2O)cc1. The zero-order chi connectivity index (χ0) is 19.3. The van der Waals surface area contributed by atoms with Crippen molar-refractivity contribution in [2.24, 2.45) is 0 Å². The lowest BCUT2D eigenvalue weighted by Crippen LogP contribution is -2.13. The number of carbonyl (C=O) groups is 2. The second-order valence-corrected chi connectivity index (χ2v) is 6.25. The number of ether oxygens (including phenoxy) is 1. The number of rotatable bonds is 6. The summed E-state index contributed by atoms with van der Waals surface area (Å²) in [5.74, 6) is -2.42. The number of carbonyl (C=O) groups excluding carboxylic acids is 2. The zero-order valence-electron chi connectivity index (χ0n) is 13.9. The number of halogens is 2. The van der Waals surface area contributed by atoms with Crippen LogP contribution < -0.4 is 5.32 Å². The molecule has 0 heterocycles. The van der Waals surface area contributed by atoms with Gasteiger partial charge in [0.05, 0.1) is 22.2 Å². The number of hydrogen-bond donors (Lipinski definition) is 3.